The largest absolute Gasteiger partial charge is 0.497 e. The number of carbonyl (C=O) groups excluding carboxylic acids is 1. The zero-order chi connectivity index (χ0) is 24.6. The van der Waals surface area contributed by atoms with Gasteiger partial charge in [0.2, 0.25) is 5.90 Å². The SMILES string of the molecule is COC(=N)c1ccc(CNC[C@H](Cc2c[nH]c3ccccc23)NC(=O)c2ccc(OC)cc2)cc1. The molecule has 0 radical (unpaired) electrons. The van der Waals surface area contributed by atoms with Crippen molar-refractivity contribution in [1.29, 1.82) is 5.41 Å². The first kappa shape index (κ1) is 24.0. The Morgan fingerprint density at radius 3 is 2.40 bits per heavy atom. The summed E-state index contributed by atoms with van der Waals surface area (Å²) in [5.41, 5.74) is 4.65. The van der Waals surface area contributed by atoms with Gasteiger partial charge in [0.1, 0.15) is 5.75 Å². The molecule has 4 N–H and O–H groups in total. The van der Waals surface area contributed by atoms with Gasteiger partial charge in [-0.3, -0.25) is 10.2 Å². The van der Waals surface area contributed by atoms with Crippen molar-refractivity contribution in [3.8, 4) is 5.75 Å². The van der Waals surface area contributed by atoms with E-state index in [1.54, 1.807) is 31.4 Å². The fourth-order valence-electron chi connectivity index (χ4n) is 4.03. The molecule has 0 fully saturated rings. The van der Waals surface area contributed by atoms with E-state index in [0.717, 1.165) is 27.6 Å². The molecule has 0 aliphatic carbocycles. The van der Waals surface area contributed by atoms with Gasteiger partial charge in [-0.25, -0.2) is 0 Å². The van der Waals surface area contributed by atoms with Crippen molar-refractivity contribution in [2.75, 3.05) is 20.8 Å². The predicted octanol–water partition coefficient (Wildman–Crippen LogP) is 4.28. The third kappa shape index (κ3) is 6.07. The van der Waals surface area contributed by atoms with Crippen molar-refractivity contribution in [1.82, 2.24) is 15.6 Å². The number of carbonyl (C=O) groups is 1. The Kier molecular flexibility index (Phi) is 7.80. The Morgan fingerprint density at radius 1 is 0.971 bits per heavy atom. The van der Waals surface area contributed by atoms with Gasteiger partial charge >= 0.3 is 0 Å². The van der Waals surface area contributed by atoms with E-state index >= 15 is 0 Å². The second-order valence-corrected chi connectivity index (χ2v) is 8.32. The maximum atomic E-state index is 13.0. The summed E-state index contributed by atoms with van der Waals surface area (Å²) in [7, 11) is 3.10. The van der Waals surface area contributed by atoms with E-state index in [4.69, 9.17) is 14.9 Å². The summed E-state index contributed by atoms with van der Waals surface area (Å²) in [5, 5.41) is 15.6. The molecule has 7 heteroatoms. The van der Waals surface area contributed by atoms with E-state index in [1.807, 2.05) is 42.6 Å². The summed E-state index contributed by atoms with van der Waals surface area (Å²) >= 11 is 0. The van der Waals surface area contributed by atoms with Gasteiger partial charge in [0.25, 0.3) is 5.91 Å². The number of rotatable bonds is 10. The lowest BCUT2D eigenvalue weighted by Crippen LogP contribution is -2.43. The summed E-state index contributed by atoms with van der Waals surface area (Å²) in [6.45, 7) is 1.24. The number of H-pyrrole nitrogens is 1. The van der Waals surface area contributed by atoms with Crippen LogP contribution in [0, 0.1) is 5.41 Å². The highest BCUT2D eigenvalue weighted by molar-refractivity contribution is 5.94. The van der Waals surface area contributed by atoms with Crippen molar-refractivity contribution in [3.63, 3.8) is 0 Å². The Morgan fingerprint density at radius 2 is 1.69 bits per heavy atom. The quantitative estimate of drug-likeness (QED) is 0.205. The topological polar surface area (TPSA) is 99.2 Å². The van der Waals surface area contributed by atoms with Crippen LogP contribution in [0.1, 0.15) is 27.0 Å². The molecule has 0 unspecified atom stereocenters. The van der Waals surface area contributed by atoms with Crippen LogP contribution in [-0.2, 0) is 17.7 Å². The van der Waals surface area contributed by atoms with Crippen molar-refractivity contribution in [2.45, 2.75) is 19.0 Å². The van der Waals surface area contributed by atoms with Gasteiger partial charge in [0, 0.05) is 47.4 Å². The molecule has 0 saturated carbocycles. The van der Waals surface area contributed by atoms with Crippen LogP contribution in [0.25, 0.3) is 10.9 Å². The molecule has 0 spiro atoms. The minimum absolute atomic E-state index is 0.121. The van der Waals surface area contributed by atoms with E-state index in [2.05, 4.69) is 27.8 Å². The summed E-state index contributed by atoms with van der Waals surface area (Å²) < 4.78 is 10.2. The first-order chi connectivity index (χ1) is 17.1. The Bertz CT molecular complexity index is 1280. The number of methoxy groups -OCH3 is 2. The molecule has 1 aromatic heterocycles. The summed E-state index contributed by atoms with van der Waals surface area (Å²) in [4.78, 5) is 16.3. The predicted molar refractivity (Wildman–Crippen MR) is 138 cm³/mol. The molecule has 0 saturated heterocycles. The molecular weight excluding hydrogens is 440 g/mol. The van der Waals surface area contributed by atoms with E-state index in [9.17, 15) is 4.79 Å². The van der Waals surface area contributed by atoms with Gasteiger partial charge in [-0.2, -0.15) is 0 Å². The van der Waals surface area contributed by atoms with Crippen LogP contribution >= 0.6 is 0 Å². The summed E-state index contributed by atoms with van der Waals surface area (Å²) in [6, 6.07) is 22.9. The van der Waals surface area contributed by atoms with Crippen LogP contribution in [0.4, 0.5) is 0 Å². The molecule has 35 heavy (non-hydrogen) atoms. The second-order valence-electron chi connectivity index (χ2n) is 8.32. The number of aromatic amines is 1. The van der Waals surface area contributed by atoms with Gasteiger partial charge in [-0.15, -0.1) is 0 Å². The third-order valence-corrected chi connectivity index (χ3v) is 5.97. The Hall–Kier alpha value is -4.10. The highest BCUT2D eigenvalue weighted by atomic mass is 16.5. The minimum Gasteiger partial charge on any atom is -0.497 e. The molecule has 0 bridgehead atoms. The molecular formula is C28H30N4O3. The lowest BCUT2D eigenvalue weighted by Gasteiger charge is -2.20. The van der Waals surface area contributed by atoms with E-state index < -0.39 is 0 Å². The van der Waals surface area contributed by atoms with Gasteiger partial charge < -0.3 is 25.1 Å². The van der Waals surface area contributed by atoms with Gasteiger partial charge in [0.15, 0.2) is 0 Å². The average molecular weight is 471 g/mol. The summed E-state index contributed by atoms with van der Waals surface area (Å²) in [6.07, 6.45) is 2.70. The number of nitrogens with one attached hydrogen (secondary N) is 4. The first-order valence-corrected chi connectivity index (χ1v) is 11.5. The van der Waals surface area contributed by atoms with Crippen LogP contribution in [0.5, 0.6) is 5.75 Å². The van der Waals surface area contributed by atoms with Crippen molar-refractivity contribution >= 4 is 22.7 Å². The molecule has 4 aromatic rings. The number of para-hydroxylation sites is 1. The molecule has 1 atom stereocenters. The Balaban J connectivity index is 1.44. The van der Waals surface area contributed by atoms with E-state index in [0.29, 0.717) is 30.8 Å². The zero-order valence-electron chi connectivity index (χ0n) is 19.9. The molecule has 1 heterocycles. The number of fused-ring (bicyclic) bond motifs is 1. The van der Waals surface area contributed by atoms with Crippen molar-refractivity contribution < 1.29 is 14.3 Å². The number of benzene rings is 3. The van der Waals surface area contributed by atoms with Gasteiger partial charge in [-0.1, -0.05) is 30.3 Å². The van der Waals surface area contributed by atoms with E-state index in [1.165, 1.54) is 7.11 Å². The minimum atomic E-state index is -0.123. The van der Waals surface area contributed by atoms with Crippen LogP contribution < -0.4 is 15.4 Å². The fraction of sp³-hybridized carbons (Fsp3) is 0.214. The highest BCUT2D eigenvalue weighted by Crippen LogP contribution is 2.19. The molecule has 4 rings (SSSR count). The lowest BCUT2D eigenvalue weighted by atomic mass is 10.0. The van der Waals surface area contributed by atoms with Gasteiger partial charge in [-0.05, 0) is 60.0 Å². The molecule has 0 aliphatic rings. The number of hydrogen-bond acceptors (Lipinski definition) is 5. The van der Waals surface area contributed by atoms with Crippen LogP contribution in [0.3, 0.4) is 0 Å². The number of ether oxygens (including phenoxy) is 2. The number of aromatic nitrogens is 1. The van der Waals surface area contributed by atoms with Gasteiger partial charge in [0.05, 0.1) is 14.2 Å². The smallest absolute Gasteiger partial charge is 0.251 e. The number of hydrogen-bond donors (Lipinski definition) is 4. The second kappa shape index (κ2) is 11.4. The zero-order valence-corrected chi connectivity index (χ0v) is 19.9. The van der Waals surface area contributed by atoms with E-state index in [-0.39, 0.29) is 17.8 Å². The molecule has 0 aliphatic heterocycles. The normalized spacial score (nSPS) is 11.7. The Labute approximate surface area is 205 Å². The first-order valence-electron chi connectivity index (χ1n) is 11.5. The van der Waals surface area contributed by atoms with Crippen LogP contribution in [0.2, 0.25) is 0 Å². The maximum Gasteiger partial charge on any atom is 0.251 e. The van der Waals surface area contributed by atoms with Crippen molar-refractivity contribution in [2.24, 2.45) is 0 Å². The maximum absolute atomic E-state index is 13.0. The fourth-order valence-corrected chi connectivity index (χ4v) is 4.03. The molecule has 7 nitrogen and oxygen atoms in total. The van der Waals surface area contributed by atoms with Crippen molar-refractivity contribution in [3.05, 3.63) is 101 Å². The molecule has 1 amide bonds. The monoisotopic (exact) mass is 470 g/mol. The standard InChI is InChI=1S/C28H30N4O3/c1-34-24-13-11-21(12-14-24)28(33)32-23(15-22-17-31-26-6-4-3-5-25(22)26)18-30-16-19-7-9-20(10-8-19)27(29)35-2/h3-14,17,23,29-31H,15-16,18H2,1-2H3,(H,32,33)/t23-/m0/s1. The van der Waals surface area contributed by atoms with Crippen LogP contribution in [0.15, 0.2) is 79.0 Å². The summed E-state index contributed by atoms with van der Waals surface area (Å²) in [5.74, 6) is 0.733. The average Bonchev–Trinajstić information content (AvgIpc) is 3.31. The number of amides is 1. The third-order valence-electron chi connectivity index (χ3n) is 5.97. The van der Waals surface area contributed by atoms with Crippen LogP contribution in [-0.4, -0.2) is 43.6 Å². The highest BCUT2D eigenvalue weighted by Gasteiger charge is 2.17. The molecule has 3 aromatic carbocycles. The lowest BCUT2D eigenvalue weighted by molar-refractivity contribution is 0.0936. The molecule has 180 valence electrons.